The van der Waals surface area contributed by atoms with E-state index in [0.717, 1.165) is 14.6 Å². The lowest BCUT2D eigenvalue weighted by Gasteiger charge is -2.14. The number of likely N-dealkylation sites (N-methyl/N-ethyl adjacent to an activating group) is 1. The molecule has 0 bridgehead atoms. The number of nitrogens with two attached hydrogens (primary N) is 1. The smallest absolute Gasteiger partial charge is 0.263 e. The number of amides is 2. The van der Waals surface area contributed by atoms with E-state index in [0.29, 0.717) is 17.1 Å². The quantitative estimate of drug-likeness (QED) is 0.868. The average molecular weight is 370 g/mol. The molecule has 7 heteroatoms. The Hall–Kier alpha value is -1.60. The monoisotopic (exact) mass is 369 g/mol. The second-order valence-electron chi connectivity index (χ2n) is 4.58. The number of nitrogens with zero attached hydrogens (tertiary/aromatic N) is 1. The molecule has 0 unspecified atom stereocenters. The van der Waals surface area contributed by atoms with E-state index in [1.807, 2.05) is 25.1 Å². The molecule has 2 rings (SSSR count). The van der Waals surface area contributed by atoms with Crippen molar-refractivity contribution in [3.63, 3.8) is 0 Å². The van der Waals surface area contributed by atoms with E-state index in [4.69, 9.17) is 5.73 Å². The molecule has 1 heterocycles. The highest BCUT2D eigenvalue weighted by Gasteiger charge is 2.17. The van der Waals surface area contributed by atoms with E-state index < -0.39 is 0 Å². The van der Waals surface area contributed by atoms with Gasteiger partial charge in [-0.15, -0.1) is 11.3 Å². The number of hydrogen-bond donors (Lipinski definition) is 2. The molecular weight excluding hydrogens is 354 g/mol. The van der Waals surface area contributed by atoms with Crippen molar-refractivity contribution in [1.82, 2.24) is 10.2 Å². The summed E-state index contributed by atoms with van der Waals surface area (Å²) in [5.41, 5.74) is 6.48. The van der Waals surface area contributed by atoms with Crippen molar-refractivity contribution < 1.29 is 9.59 Å². The molecule has 1 aromatic heterocycles. The van der Waals surface area contributed by atoms with Gasteiger partial charge in [0.15, 0.2) is 0 Å². The Morgan fingerprint density at radius 3 is 2.81 bits per heavy atom. The van der Waals surface area contributed by atoms with E-state index >= 15 is 0 Å². The summed E-state index contributed by atoms with van der Waals surface area (Å²) in [6.07, 6.45) is 0. The van der Waals surface area contributed by atoms with Crippen LogP contribution in [0.2, 0.25) is 0 Å². The Morgan fingerprint density at radius 2 is 2.14 bits per heavy atom. The third kappa shape index (κ3) is 3.36. The third-order valence-electron chi connectivity index (χ3n) is 3.20. The van der Waals surface area contributed by atoms with Crippen molar-refractivity contribution in [2.45, 2.75) is 6.92 Å². The van der Waals surface area contributed by atoms with Gasteiger partial charge in [0.2, 0.25) is 5.91 Å². The summed E-state index contributed by atoms with van der Waals surface area (Å²) in [6, 6.07) is 5.67. The number of thiophene rings is 1. The van der Waals surface area contributed by atoms with Crippen LogP contribution >= 0.6 is 27.3 Å². The fourth-order valence-electron chi connectivity index (χ4n) is 1.81. The van der Waals surface area contributed by atoms with Gasteiger partial charge in [-0.25, -0.2) is 0 Å². The van der Waals surface area contributed by atoms with Gasteiger partial charge in [-0.1, -0.05) is 22.0 Å². The molecule has 112 valence electrons. The van der Waals surface area contributed by atoms with Gasteiger partial charge in [-0.3, -0.25) is 9.59 Å². The number of hydrogen-bond acceptors (Lipinski definition) is 4. The van der Waals surface area contributed by atoms with E-state index in [9.17, 15) is 9.59 Å². The number of nitrogens with one attached hydrogen (secondary N) is 1. The molecule has 0 fully saturated rings. The summed E-state index contributed by atoms with van der Waals surface area (Å²) >= 11 is 4.71. The first-order valence-electron chi connectivity index (χ1n) is 6.43. The second kappa shape index (κ2) is 6.44. The first-order valence-corrected chi connectivity index (χ1v) is 8.04. The summed E-state index contributed by atoms with van der Waals surface area (Å²) in [5, 5.41) is 3.47. The van der Waals surface area contributed by atoms with Gasteiger partial charge in [-0.2, -0.15) is 0 Å². The van der Waals surface area contributed by atoms with Crippen molar-refractivity contribution in [2.24, 2.45) is 0 Å². The highest BCUT2D eigenvalue weighted by Crippen LogP contribution is 2.35. The number of carbonyl (C=O) groups excluding carboxylic acids is 2. The van der Waals surface area contributed by atoms with Crippen molar-refractivity contribution in [3.8, 4) is 0 Å². The molecule has 21 heavy (non-hydrogen) atoms. The van der Waals surface area contributed by atoms with E-state index in [1.165, 1.54) is 11.3 Å². The number of fused-ring (bicyclic) bond motifs is 1. The van der Waals surface area contributed by atoms with E-state index in [2.05, 4.69) is 21.2 Å². The zero-order valence-corrected chi connectivity index (χ0v) is 14.2. The van der Waals surface area contributed by atoms with Crippen molar-refractivity contribution >= 4 is 54.9 Å². The predicted molar refractivity (Wildman–Crippen MR) is 89.6 cm³/mol. The Balaban J connectivity index is 2.16. The van der Waals surface area contributed by atoms with Crippen LogP contribution in [0.4, 0.5) is 5.69 Å². The van der Waals surface area contributed by atoms with Gasteiger partial charge in [0.25, 0.3) is 5.91 Å². The molecule has 2 amide bonds. The molecule has 1 aromatic carbocycles. The van der Waals surface area contributed by atoms with Crippen molar-refractivity contribution in [3.05, 3.63) is 27.5 Å². The zero-order valence-electron chi connectivity index (χ0n) is 11.8. The average Bonchev–Trinajstić information content (AvgIpc) is 2.79. The van der Waals surface area contributed by atoms with Crippen LogP contribution in [0.5, 0.6) is 0 Å². The summed E-state index contributed by atoms with van der Waals surface area (Å²) in [6.45, 7) is 2.45. The van der Waals surface area contributed by atoms with Gasteiger partial charge in [0.05, 0.1) is 12.2 Å². The van der Waals surface area contributed by atoms with Crippen molar-refractivity contribution in [2.75, 3.05) is 25.9 Å². The standard InChI is InChI=1S/C14H16BrN3O2S/c1-3-18(2)11(19)7-17-14(20)13-12(16)9-5-4-8(15)6-10(9)21-13/h4-6H,3,7,16H2,1-2H3,(H,17,20). The molecule has 0 saturated carbocycles. The van der Waals surface area contributed by atoms with Crippen LogP contribution < -0.4 is 11.1 Å². The van der Waals surface area contributed by atoms with Gasteiger partial charge in [-0.05, 0) is 19.1 Å². The largest absolute Gasteiger partial charge is 0.397 e. The maximum Gasteiger partial charge on any atom is 0.263 e. The fraction of sp³-hybridized carbons (Fsp3) is 0.286. The molecule has 0 aliphatic rings. The first kappa shape index (κ1) is 15.8. The Labute approximate surface area is 135 Å². The minimum absolute atomic E-state index is 0.0272. The van der Waals surface area contributed by atoms with Gasteiger partial charge in [0.1, 0.15) is 4.88 Å². The van der Waals surface area contributed by atoms with E-state index in [-0.39, 0.29) is 18.4 Å². The van der Waals surface area contributed by atoms with Crippen LogP contribution in [0.3, 0.4) is 0 Å². The zero-order chi connectivity index (χ0) is 15.6. The molecular formula is C14H16BrN3O2S. The van der Waals surface area contributed by atoms with Gasteiger partial charge < -0.3 is 16.0 Å². The van der Waals surface area contributed by atoms with E-state index in [1.54, 1.807) is 11.9 Å². The predicted octanol–water partition coefficient (Wildman–Crippen LogP) is 2.45. The van der Waals surface area contributed by atoms with Crippen LogP contribution in [0.15, 0.2) is 22.7 Å². The number of carbonyl (C=O) groups is 2. The normalized spacial score (nSPS) is 10.6. The maximum atomic E-state index is 12.2. The lowest BCUT2D eigenvalue weighted by atomic mass is 10.2. The topological polar surface area (TPSA) is 75.4 Å². The summed E-state index contributed by atoms with van der Waals surface area (Å²) in [5.74, 6) is -0.448. The highest BCUT2D eigenvalue weighted by molar-refractivity contribution is 9.10. The van der Waals surface area contributed by atoms with Crippen molar-refractivity contribution in [1.29, 1.82) is 0 Å². The molecule has 3 N–H and O–H groups in total. The SMILES string of the molecule is CCN(C)C(=O)CNC(=O)c1sc2cc(Br)ccc2c1N. The number of nitrogen functional groups attached to an aromatic ring is 1. The molecule has 0 aliphatic carbocycles. The molecule has 0 saturated heterocycles. The summed E-state index contributed by atoms with van der Waals surface area (Å²) in [4.78, 5) is 25.8. The maximum absolute atomic E-state index is 12.2. The Kier molecular flexibility index (Phi) is 4.84. The van der Waals surface area contributed by atoms with Gasteiger partial charge in [0, 0.05) is 28.2 Å². The van der Waals surface area contributed by atoms with Gasteiger partial charge >= 0.3 is 0 Å². The first-order chi connectivity index (χ1) is 9.93. The lowest BCUT2D eigenvalue weighted by molar-refractivity contribution is -0.128. The Morgan fingerprint density at radius 1 is 1.43 bits per heavy atom. The number of halogens is 1. The number of rotatable bonds is 4. The van der Waals surface area contributed by atoms with Crippen LogP contribution in [-0.2, 0) is 4.79 Å². The summed E-state index contributed by atoms with van der Waals surface area (Å²) < 4.78 is 1.87. The number of benzene rings is 1. The van der Waals surface area contributed by atoms with Crippen LogP contribution in [0.1, 0.15) is 16.6 Å². The molecule has 0 spiro atoms. The Bertz CT molecular complexity index is 699. The van der Waals surface area contributed by atoms with Crippen LogP contribution in [-0.4, -0.2) is 36.9 Å². The van der Waals surface area contributed by atoms with Crippen LogP contribution in [0.25, 0.3) is 10.1 Å². The lowest BCUT2D eigenvalue weighted by Crippen LogP contribution is -2.37. The second-order valence-corrected chi connectivity index (χ2v) is 6.54. The van der Waals surface area contributed by atoms with Crippen LogP contribution in [0, 0.1) is 0 Å². The molecule has 0 aliphatic heterocycles. The number of anilines is 1. The molecule has 0 radical (unpaired) electrons. The minimum atomic E-state index is -0.317. The molecule has 2 aromatic rings. The highest BCUT2D eigenvalue weighted by atomic mass is 79.9. The third-order valence-corrected chi connectivity index (χ3v) is 4.86. The molecule has 5 nitrogen and oxygen atoms in total. The molecule has 0 atom stereocenters. The fourth-order valence-corrected chi connectivity index (χ4v) is 3.40. The summed E-state index contributed by atoms with van der Waals surface area (Å²) in [7, 11) is 1.69. The minimum Gasteiger partial charge on any atom is -0.397 e.